The van der Waals surface area contributed by atoms with E-state index in [4.69, 9.17) is 0 Å². The van der Waals surface area contributed by atoms with E-state index in [1.54, 1.807) is 17.3 Å². The van der Waals surface area contributed by atoms with E-state index in [-0.39, 0.29) is 5.91 Å². The molecule has 2 aromatic rings. The maximum absolute atomic E-state index is 12.8. The Balaban J connectivity index is 2.00. The number of aryl methyl sites for hydroxylation is 2. The average molecular weight is 268 g/mol. The van der Waals surface area contributed by atoms with E-state index in [1.165, 1.54) is 5.56 Å². The summed E-state index contributed by atoms with van der Waals surface area (Å²) in [5.74, 6) is -0.00778. The van der Waals surface area contributed by atoms with Crippen LogP contribution in [0.25, 0.3) is 0 Å². The first kappa shape index (κ1) is 12.7. The van der Waals surface area contributed by atoms with Gasteiger partial charge in [-0.25, -0.2) is 0 Å². The molecule has 0 aromatic carbocycles. The van der Waals surface area contributed by atoms with Gasteiger partial charge in [0.1, 0.15) is 0 Å². The molecule has 0 N–H and O–H groups in total. The molecular weight excluding hydrogens is 252 g/mol. The topological polar surface area (TPSA) is 59.0 Å². The Morgan fingerprint density at radius 3 is 3.05 bits per heavy atom. The lowest BCUT2D eigenvalue weighted by Crippen LogP contribution is -2.30. The van der Waals surface area contributed by atoms with Gasteiger partial charge >= 0.3 is 0 Å². The highest BCUT2D eigenvalue weighted by Gasteiger charge is 2.27. The zero-order valence-corrected chi connectivity index (χ0v) is 11.6. The molecule has 3 rings (SSSR count). The van der Waals surface area contributed by atoms with Crippen LogP contribution in [0.1, 0.15) is 34.2 Å². The quantitative estimate of drug-likeness (QED) is 0.835. The molecule has 102 valence electrons. The van der Waals surface area contributed by atoms with Crippen LogP contribution in [0.2, 0.25) is 0 Å². The third kappa shape index (κ3) is 2.05. The van der Waals surface area contributed by atoms with Crippen LogP contribution in [-0.2, 0) is 12.8 Å². The summed E-state index contributed by atoms with van der Waals surface area (Å²) in [5.41, 5.74) is 4.24. The predicted molar refractivity (Wildman–Crippen MR) is 75.8 cm³/mol. The highest BCUT2D eigenvalue weighted by molar-refractivity contribution is 6.07. The lowest BCUT2D eigenvalue weighted by molar-refractivity contribution is 0.0987. The van der Waals surface area contributed by atoms with Crippen molar-refractivity contribution in [2.75, 3.05) is 11.4 Å². The molecule has 0 unspecified atom stereocenters. The summed E-state index contributed by atoms with van der Waals surface area (Å²) in [6.07, 6.45) is 5.10. The van der Waals surface area contributed by atoms with Crippen LogP contribution in [0.3, 0.4) is 0 Å². The second-order valence-electron chi connectivity index (χ2n) is 4.91. The summed E-state index contributed by atoms with van der Waals surface area (Å²) in [6, 6.07) is 3.79. The Kier molecular flexibility index (Phi) is 3.18. The maximum atomic E-state index is 12.8. The van der Waals surface area contributed by atoms with E-state index in [0.29, 0.717) is 18.5 Å². The number of nitrogens with zero attached hydrogens (tertiary/aromatic N) is 4. The minimum absolute atomic E-state index is 0.00778. The summed E-state index contributed by atoms with van der Waals surface area (Å²) in [5, 5.41) is 8.16. The number of rotatable bonds is 2. The minimum Gasteiger partial charge on any atom is -0.306 e. The standard InChI is InChI=1S/C15H16N4O/c1-3-13-12(8-10(2)17-18-13)15(20)19-7-5-11-4-6-16-9-14(11)19/h4,6,8-9H,3,5,7H2,1-2H3. The lowest BCUT2D eigenvalue weighted by Gasteiger charge is -2.18. The van der Waals surface area contributed by atoms with Gasteiger partial charge in [-0.05, 0) is 37.5 Å². The highest BCUT2D eigenvalue weighted by atomic mass is 16.2. The largest absolute Gasteiger partial charge is 0.306 e. The zero-order valence-electron chi connectivity index (χ0n) is 11.6. The van der Waals surface area contributed by atoms with Crippen LogP contribution in [0.4, 0.5) is 5.69 Å². The van der Waals surface area contributed by atoms with Crippen LogP contribution in [0.5, 0.6) is 0 Å². The van der Waals surface area contributed by atoms with Crippen molar-refractivity contribution in [2.45, 2.75) is 26.7 Å². The van der Waals surface area contributed by atoms with Crippen LogP contribution < -0.4 is 4.90 Å². The molecular formula is C15H16N4O. The predicted octanol–water partition coefficient (Wildman–Crippen LogP) is 1.95. The summed E-state index contributed by atoms with van der Waals surface area (Å²) >= 11 is 0. The summed E-state index contributed by atoms with van der Waals surface area (Å²) in [6.45, 7) is 4.53. The van der Waals surface area contributed by atoms with Gasteiger partial charge in [-0.3, -0.25) is 9.78 Å². The molecule has 5 heteroatoms. The van der Waals surface area contributed by atoms with Crippen LogP contribution in [0.15, 0.2) is 24.5 Å². The molecule has 3 heterocycles. The third-order valence-corrected chi connectivity index (χ3v) is 3.59. The van der Waals surface area contributed by atoms with E-state index < -0.39 is 0 Å². The molecule has 1 aliphatic heterocycles. The molecule has 0 saturated carbocycles. The number of hydrogen-bond donors (Lipinski definition) is 0. The van der Waals surface area contributed by atoms with Crippen LogP contribution in [-0.4, -0.2) is 27.6 Å². The molecule has 5 nitrogen and oxygen atoms in total. The van der Waals surface area contributed by atoms with Gasteiger partial charge in [-0.2, -0.15) is 10.2 Å². The third-order valence-electron chi connectivity index (χ3n) is 3.59. The Morgan fingerprint density at radius 2 is 2.25 bits per heavy atom. The molecule has 0 bridgehead atoms. The Morgan fingerprint density at radius 1 is 1.40 bits per heavy atom. The van der Waals surface area contributed by atoms with Crippen molar-refractivity contribution in [3.63, 3.8) is 0 Å². The first-order chi connectivity index (χ1) is 9.70. The number of hydrogen-bond acceptors (Lipinski definition) is 4. The van der Waals surface area contributed by atoms with Gasteiger partial charge in [0, 0.05) is 12.7 Å². The smallest absolute Gasteiger partial charge is 0.260 e. The van der Waals surface area contributed by atoms with Gasteiger partial charge in [0.25, 0.3) is 5.91 Å². The van der Waals surface area contributed by atoms with Crippen molar-refractivity contribution in [1.29, 1.82) is 0 Å². The number of amides is 1. The Bertz CT molecular complexity index is 669. The minimum atomic E-state index is -0.00778. The van der Waals surface area contributed by atoms with Gasteiger partial charge in [0.05, 0.1) is 28.8 Å². The molecule has 20 heavy (non-hydrogen) atoms. The highest BCUT2D eigenvalue weighted by Crippen LogP contribution is 2.28. The summed E-state index contributed by atoms with van der Waals surface area (Å²) in [4.78, 5) is 18.7. The molecule has 0 atom stereocenters. The molecule has 0 spiro atoms. The molecule has 1 aliphatic rings. The molecule has 0 saturated heterocycles. The number of pyridine rings is 1. The lowest BCUT2D eigenvalue weighted by atomic mass is 10.1. The number of fused-ring (bicyclic) bond motifs is 1. The van der Waals surface area contributed by atoms with Gasteiger partial charge in [0.15, 0.2) is 0 Å². The molecule has 0 radical (unpaired) electrons. The number of carbonyl (C=O) groups is 1. The molecule has 2 aromatic heterocycles. The monoisotopic (exact) mass is 268 g/mol. The fourth-order valence-corrected chi connectivity index (χ4v) is 2.54. The van der Waals surface area contributed by atoms with Crippen molar-refractivity contribution in [3.8, 4) is 0 Å². The second-order valence-corrected chi connectivity index (χ2v) is 4.91. The van der Waals surface area contributed by atoms with Gasteiger partial charge in [-0.1, -0.05) is 6.92 Å². The zero-order chi connectivity index (χ0) is 14.1. The number of carbonyl (C=O) groups excluding carboxylic acids is 1. The molecule has 1 amide bonds. The fourth-order valence-electron chi connectivity index (χ4n) is 2.54. The normalized spacial score (nSPS) is 13.4. The van der Waals surface area contributed by atoms with E-state index in [2.05, 4.69) is 15.2 Å². The molecule has 0 fully saturated rings. The first-order valence-electron chi connectivity index (χ1n) is 6.78. The van der Waals surface area contributed by atoms with Crippen molar-refractivity contribution < 1.29 is 4.79 Å². The maximum Gasteiger partial charge on any atom is 0.260 e. The number of anilines is 1. The average Bonchev–Trinajstić information content (AvgIpc) is 2.90. The number of aromatic nitrogens is 3. The SMILES string of the molecule is CCc1nnc(C)cc1C(=O)N1CCc2ccncc21. The Hall–Kier alpha value is -2.30. The fraction of sp³-hybridized carbons (Fsp3) is 0.333. The van der Waals surface area contributed by atoms with E-state index in [0.717, 1.165) is 23.5 Å². The van der Waals surface area contributed by atoms with Gasteiger partial charge in [-0.15, -0.1) is 0 Å². The van der Waals surface area contributed by atoms with Crippen LogP contribution in [0, 0.1) is 6.92 Å². The van der Waals surface area contributed by atoms with E-state index in [1.807, 2.05) is 26.0 Å². The Labute approximate surface area is 117 Å². The first-order valence-corrected chi connectivity index (χ1v) is 6.78. The van der Waals surface area contributed by atoms with Gasteiger partial charge in [0.2, 0.25) is 0 Å². The second kappa shape index (κ2) is 5.00. The van der Waals surface area contributed by atoms with Gasteiger partial charge < -0.3 is 4.90 Å². The van der Waals surface area contributed by atoms with Crippen LogP contribution >= 0.6 is 0 Å². The van der Waals surface area contributed by atoms with Crippen molar-refractivity contribution >= 4 is 11.6 Å². The van der Waals surface area contributed by atoms with E-state index in [9.17, 15) is 4.79 Å². The van der Waals surface area contributed by atoms with Crippen molar-refractivity contribution in [3.05, 3.63) is 47.0 Å². The van der Waals surface area contributed by atoms with Crippen molar-refractivity contribution in [2.24, 2.45) is 0 Å². The van der Waals surface area contributed by atoms with Crippen molar-refractivity contribution in [1.82, 2.24) is 15.2 Å². The summed E-state index contributed by atoms with van der Waals surface area (Å²) in [7, 11) is 0. The summed E-state index contributed by atoms with van der Waals surface area (Å²) < 4.78 is 0. The van der Waals surface area contributed by atoms with E-state index >= 15 is 0 Å². The molecule has 0 aliphatic carbocycles.